The Morgan fingerprint density at radius 3 is 2.58 bits per heavy atom. The molecule has 0 spiro atoms. The van der Waals surface area contributed by atoms with Crippen LogP contribution in [0.2, 0.25) is 0 Å². The maximum Gasteiger partial charge on any atom is 0.333 e. The van der Waals surface area contributed by atoms with Crippen molar-refractivity contribution in [2.45, 2.75) is 24.0 Å². The van der Waals surface area contributed by atoms with Gasteiger partial charge in [-0.2, -0.15) is 0 Å². The van der Waals surface area contributed by atoms with E-state index in [2.05, 4.69) is 5.32 Å². The van der Waals surface area contributed by atoms with Gasteiger partial charge in [0.2, 0.25) is 0 Å². The van der Waals surface area contributed by atoms with Crippen LogP contribution in [-0.2, 0) is 29.9 Å². The van der Waals surface area contributed by atoms with Gasteiger partial charge in [0.05, 0.1) is 24.4 Å². The lowest BCUT2D eigenvalue weighted by atomic mass is 10.1. The first-order valence-electron chi connectivity index (χ1n) is 10.1. The lowest BCUT2D eigenvalue weighted by molar-refractivity contribution is -0.136. The van der Waals surface area contributed by atoms with Crippen molar-refractivity contribution in [2.75, 3.05) is 38.8 Å². The van der Waals surface area contributed by atoms with Gasteiger partial charge in [-0.25, -0.2) is 13.2 Å². The number of hydrogen-bond acceptors (Lipinski definition) is 7. The van der Waals surface area contributed by atoms with Gasteiger partial charge >= 0.3 is 5.97 Å². The Morgan fingerprint density at radius 2 is 1.87 bits per heavy atom. The SMILES string of the molecule is CCOCCOc1ccc(CS(=O)(=O)c2ccc3c(c2)C=C(C(=O)OC)CCN3)cc1. The van der Waals surface area contributed by atoms with Crippen LogP contribution in [0.4, 0.5) is 5.69 Å². The van der Waals surface area contributed by atoms with Crippen LogP contribution in [0.3, 0.4) is 0 Å². The molecule has 7 nitrogen and oxygen atoms in total. The highest BCUT2D eigenvalue weighted by Gasteiger charge is 2.20. The number of rotatable bonds is 9. The number of methoxy groups -OCH3 is 1. The Balaban J connectivity index is 1.75. The Hall–Kier alpha value is -2.84. The number of anilines is 1. The lowest BCUT2D eigenvalue weighted by Crippen LogP contribution is -2.08. The van der Waals surface area contributed by atoms with Crippen LogP contribution >= 0.6 is 0 Å². The Bertz CT molecular complexity index is 1040. The lowest BCUT2D eigenvalue weighted by Gasteiger charge is -2.11. The van der Waals surface area contributed by atoms with Gasteiger partial charge in [0, 0.05) is 24.4 Å². The molecule has 2 aromatic rings. The summed E-state index contributed by atoms with van der Waals surface area (Å²) in [6.07, 6.45) is 2.19. The third-order valence-electron chi connectivity index (χ3n) is 4.85. The van der Waals surface area contributed by atoms with E-state index in [9.17, 15) is 13.2 Å². The number of carbonyl (C=O) groups is 1. The predicted octanol–water partition coefficient (Wildman–Crippen LogP) is 3.45. The molecule has 0 atom stereocenters. The molecule has 8 heteroatoms. The van der Waals surface area contributed by atoms with Crippen LogP contribution in [-0.4, -0.2) is 47.9 Å². The molecule has 3 rings (SSSR count). The van der Waals surface area contributed by atoms with Crippen molar-refractivity contribution in [1.29, 1.82) is 0 Å². The zero-order chi connectivity index (χ0) is 22.3. The predicted molar refractivity (Wildman–Crippen MR) is 119 cm³/mol. The van der Waals surface area contributed by atoms with Crippen molar-refractivity contribution in [3.8, 4) is 5.75 Å². The molecule has 0 aliphatic carbocycles. The second-order valence-electron chi connectivity index (χ2n) is 7.04. The van der Waals surface area contributed by atoms with Gasteiger partial charge in [0.25, 0.3) is 0 Å². The van der Waals surface area contributed by atoms with Gasteiger partial charge in [-0.05, 0) is 60.9 Å². The number of nitrogens with one attached hydrogen (secondary N) is 1. The third-order valence-corrected chi connectivity index (χ3v) is 6.54. The van der Waals surface area contributed by atoms with Gasteiger partial charge in [-0.15, -0.1) is 0 Å². The van der Waals surface area contributed by atoms with E-state index in [0.29, 0.717) is 55.2 Å². The number of hydrogen-bond donors (Lipinski definition) is 1. The normalized spacial score (nSPS) is 13.4. The highest BCUT2D eigenvalue weighted by Crippen LogP contribution is 2.28. The van der Waals surface area contributed by atoms with Crippen LogP contribution in [0.15, 0.2) is 52.9 Å². The van der Waals surface area contributed by atoms with E-state index in [1.54, 1.807) is 48.5 Å². The summed E-state index contributed by atoms with van der Waals surface area (Å²) in [4.78, 5) is 12.1. The largest absolute Gasteiger partial charge is 0.491 e. The Labute approximate surface area is 182 Å². The van der Waals surface area contributed by atoms with Crippen molar-refractivity contribution < 1.29 is 27.4 Å². The molecule has 31 heavy (non-hydrogen) atoms. The molecule has 0 amide bonds. The fraction of sp³-hybridized carbons (Fsp3) is 0.348. The van der Waals surface area contributed by atoms with Crippen molar-refractivity contribution in [2.24, 2.45) is 0 Å². The van der Waals surface area contributed by atoms with Crippen LogP contribution in [0.5, 0.6) is 5.75 Å². The van der Waals surface area contributed by atoms with Crippen LogP contribution < -0.4 is 10.1 Å². The number of sulfone groups is 1. The van der Waals surface area contributed by atoms with E-state index < -0.39 is 15.8 Å². The highest BCUT2D eigenvalue weighted by atomic mass is 32.2. The average Bonchev–Trinajstić information content (AvgIpc) is 2.99. The van der Waals surface area contributed by atoms with Gasteiger partial charge < -0.3 is 19.5 Å². The van der Waals surface area contributed by atoms with Gasteiger partial charge in [0.15, 0.2) is 9.84 Å². The van der Waals surface area contributed by atoms with Gasteiger partial charge in [0.1, 0.15) is 12.4 Å². The van der Waals surface area contributed by atoms with E-state index >= 15 is 0 Å². The smallest absolute Gasteiger partial charge is 0.333 e. The summed E-state index contributed by atoms with van der Waals surface area (Å²) in [6.45, 7) is 4.07. The second-order valence-corrected chi connectivity index (χ2v) is 9.02. The minimum Gasteiger partial charge on any atom is -0.491 e. The molecule has 1 heterocycles. The molecule has 1 N–H and O–H groups in total. The number of carbonyl (C=O) groups excluding carboxylic acids is 1. The summed E-state index contributed by atoms with van der Waals surface area (Å²) < 4.78 is 41.6. The summed E-state index contributed by atoms with van der Waals surface area (Å²) in [6, 6.07) is 11.9. The molecule has 0 fully saturated rings. The van der Waals surface area contributed by atoms with E-state index in [1.165, 1.54) is 7.11 Å². The zero-order valence-corrected chi connectivity index (χ0v) is 18.5. The molecule has 0 aromatic heterocycles. The summed E-state index contributed by atoms with van der Waals surface area (Å²) in [5.41, 5.74) is 2.60. The highest BCUT2D eigenvalue weighted by molar-refractivity contribution is 7.90. The first-order valence-corrected chi connectivity index (χ1v) is 11.8. The topological polar surface area (TPSA) is 90.9 Å². The van der Waals surface area contributed by atoms with Crippen molar-refractivity contribution >= 4 is 27.6 Å². The second kappa shape index (κ2) is 10.5. The monoisotopic (exact) mass is 445 g/mol. The molecule has 0 radical (unpaired) electrons. The van der Waals surface area contributed by atoms with Crippen molar-refractivity contribution in [3.63, 3.8) is 0 Å². The first kappa shape index (κ1) is 22.8. The Kier molecular flexibility index (Phi) is 7.70. The van der Waals surface area contributed by atoms with Crippen molar-refractivity contribution in [1.82, 2.24) is 0 Å². The number of esters is 1. The first-order chi connectivity index (χ1) is 14.9. The Morgan fingerprint density at radius 1 is 1.10 bits per heavy atom. The fourth-order valence-corrected chi connectivity index (χ4v) is 4.63. The van der Waals surface area contributed by atoms with E-state index in [-0.39, 0.29) is 10.6 Å². The third kappa shape index (κ3) is 6.08. The molecule has 0 saturated heterocycles. The number of benzene rings is 2. The molecule has 166 valence electrons. The number of ether oxygens (including phenoxy) is 3. The molecular formula is C23H27NO6S. The minimum absolute atomic E-state index is 0.133. The molecular weight excluding hydrogens is 418 g/mol. The molecule has 1 aliphatic heterocycles. The molecule has 0 unspecified atom stereocenters. The standard InChI is InChI=1S/C23H27NO6S/c1-3-29-12-13-30-20-6-4-17(5-7-20)16-31(26,27)21-8-9-22-19(15-21)14-18(10-11-24-22)23(25)28-2/h4-9,14-15,24H,3,10-13,16H2,1-2H3. The summed E-state index contributed by atoms with van der Waals surface area (Å²) >= 11 is 0. The van der Waals surface area contributed by atoms with Crippen LogP contribution in [0.25, 0.3) is 6.08 Å². The maximum atomic E-state index is 13.0. The van der Waals surface area contributed by atoms with E-state index in [1.807, 2.05) is 6.92 Å². The maximum absolute atomic E-state index is 13.0. The summed E-state index contributed by atoms with van der Waals surface area (Å²) in [5, 5.41) is 3.22. The summed E-state index contributed by atoms with van der Waals surface area (Å²) in [7, 11) is -2.24. The quantitative estimate of drug-likeness (QED) is 0.467. The van der Waals surface area contributed by atoms with E-state index in [0.717, 1.165) is 5.69 Å². The number of fused-ring (bicyclic) bond motifs is 1. The summed E-state index contributed by atoms with van der Waals surface area (Å²) in [5.74, 6) is 0.121. The van der Waals surface area contributed by atoms with Gasteiger partial charge in [-0.1, -0.05) is 12.1 Å². The minimum atomic E-state index is -3.57. The van der Waals surface area contributed by atoms with Crippen molar-refractivity contribution in [3.05, 3.63) is 59.2 Å². The molecule has 0 saturated carbocycles. The zero-order valence-electron chi connectivity index (χ0n) is 17.7. The molecule has 2 aromatic carbocycles. The molecule has 1 aliphatic rings. The van der Waals surface area contributed by atoms with Gasteiger partial charge in [-0.3, -0.25) is 0 Å². The van der Waals surface area contributed by atoms with E-state index in [4.69, 9.17) is 14.2 Å². The van der Waals surface area contributed by atoms with Crippen LogP contribution in [0.1, 0.15) is 24.5 Å². The fourth-order valence-electron chi connectivity index (χ4n) is 3.25. The average molecular weight is 446 g/mol. The van der Waals surface area contributed by atoms with Crippen LogP contribution in [0, 0.1) is 0 Å². The molecule has 0 bridgehead atoms.